The van der Waals surface area contributed by atoms with Gasteiger partial charge in [0.25, 0.3) is 0 Å². The normalized spacial score (nSPS) is 43.5. The van der Waals surface area contributed by atoms with Gasteiger partial charge in [0.05, 0.1) is 6.10 Å². The molecule has 3 aliphatic rings. The maximum Gasteiger partial charge on any atom is 0.0652 e. The fourth-order valence-electron chi connectivity index (χ4n) is 4.14. The van der Waals surface area contributed by atoms with Crippen LogP contribution in [0.25, 0.3) is 0 Å². The van der Waals surface area contributed by atoms with Crippen LogP contribution in [0.3, 0.4) is 0 Å². The van der Waals surface area contributed by atoms with Gasteiger partial charge in [0.15, 0.2) is 0 Å². The summed E-state index contributed by atoms with van der Waals surface area (Å²) in [5.74, 6) is 1.21. The Kier molecular flexibility index (Phi) is 2.73. The molecule has 3 rings (SSSR count). The first-order valence-electron chi connectivity index (χ1n) is 6.79. The predicted molar refractivity (Wildman–Crippen MR) is 64.3 cm³/mol. The first-order chi connectivity index (χ1) is 7.71. The van der Waals surface area contributed by atoms with E-state index in [0.29, 0.717) is 11.8 Å². The lowest BCUT2D eigenvalue weighted by molar-refractivity contribution is -0.131. The summed E-state index contributed by atoms with van der Waals surface area (Å²) in [4.78, 5) is 2.45. The Bertz CT molecular complexity index is 259. The van der Waals surface area contributed by atoms with Crippen molar-refractivity contribution in [3.63, 3.8) is 0 Å². The van der Waals surface area contributed by atoms with Gasteiger partial charge in [0, 0.05) is 24.4 Å². The number of hydrogen-bond donors (Lipinski definition) is 2. The van der Waals surface area contributed by atoms with E-state index >= 15 is 0 Å². The highest BCUT2D eigenvalue weighted by atomic mass is 16.3. The van der Waals surface area contributed by atoms with Crippen LogP contribution in [-0.2, 0) is 0 Å². The standard InChI is InChI=1S/C13H24N2O/c1-15-8-11(10-3-6-14-7-10)12(16)13(9-15)4-2-5-13/h10-12,14,16H,2-9H2,1H3. The Labute approximate surface area is 98.2 Å². The minimum Gasteiger partial charge on any atom is -0.392 e. The summed E-state index contributed by atoms with van der Waals surface area (Å²) in [7, 11) is 2.22. The van der Waals surface area contributed by atoms with Crippen LogP contribution >= 0.6 is 0 Å². The average Bonchev–Trinajstić information content (AvgIpc) is 2.71. The fourth-order valence-corrected chi connectivity index (χ4v) is 4.14. The van der Waals surface area contributed by atoms with Gasteiger partial charge in [0.1, 0.15) is 0 Å². The minimum absolute atomic E-state index is 0.0395. The van der Waals surface area contributed by atoms with Crippen LogP contribution in [0, 0.1) is 17.3 Å². The summed E-state index contributed by atoms with van der Waals surface area (Å²) >= 11 is 0. The molecule has 3 atom stereocenters. The summed E-state index contributed by atoms with van der Waals surface area (Å²) in [6.07, 6.45) is 5.03. The molecule has 0 aromatic heterocycles. The number of likely N-dealkylation sites (tertiary alicyclic amines) is 1. The van der Waals surface area contributed by atoms with Crippen molar-refractivity contribution < 1.29 is 5.11 Å². The summed E-state index contributed by atoms with van der Waals surface area (Å²) < 4.78 is 0. The lowest BCUT2D eigenvalue weighted by atomic mass is 9.58. The van der Waals surface area contributed by atoms with E-state index in [1.165, 1.54) is 25.7 Å². The maximum absolute atomic E-state index is 10.7. The van der Waals surface area contributed by atoms with Gasteiger partial charge in [-0.1, -0.05) is 6.42 Å². The Morgan fingerprint density at radius 3 is 2.75 bits per heavy atom. The van der Waals surface area contributed by atoms with Crippen LogP contribution in [0.2, 0.25) is 0 Å². The maximum atomic E-state index is 10.7. The quantitative estimate of drug-likeness (QED) is 0.688. The van der Waals surface area contributed by atoms with Crippen molar-refractivity contribution in [2.45, 2.75) is 31.8 Å². The van der Waals surface area contributed by atoms with E-state index in [-0.39, 0.29) is 11.5 Å². The third kappa shape index (κ3) is 1.60. The monoisotopic (exact) mass is 224 g/mol. The van der Waals surface area contributed by atoms with Gasteiger partial charge in [-0.05, 0) is 45.3 Å². The summed E-state index contributed by atoms with van der Waals surface area (Å²) in [5, 5.41) is 14.1. The summed E-state index contributed by atoms with van der Waals surface area (Å²) in [6, 6.07) is 0. The molecule has 2 N–H and O–H groups in total. The Morgan fingerprint density at radius 1 is 1.38 bits per heavy atom. The number of rotatable bonds is 1. The topological polar surface area (TPSA) is 35.5 Å². The van der Waals surface area contributed by atoms with Crippen molar-refractivity contribution in [2.75, 3.05) is 33.2 Å². The van der Waals surface area contributed by atoms with E-state index in [1.54, 1.807) is 0 Å². The molecule has 0 aromatic carbocycles. The lowest BCUT2D eigenvalue weighted by Gasteiger charge is -2.55. The number of hydrogen-bond acceptors (Lipinski definition) is 3. The van der Waals surface area contributed by atoms with Crippen LogP contribution in [0.4, 0.5) is 0 Å². The highest BCUT2D eigenvalue weighted by Gasteiger charge is 2.51. The van der Waals surface area contributed by atoms with Crippen LogP contribution in [0.5, 0.6) is 0 Å². The largest absolute Gasteiger partial charge is 0.392 e. The van der Waals surface area contributed by atoms with Crippen molar-refractivity contribution >= 4 is 0 Å². The summed E-state index contributed by atoms with van der Waals surface area (Å²) in [6.45, 7) is 4.47. The third-order valence-corrected chi connectivity index (χ3v) is 5.19. The molecule has 1 saturated carbocycles. The lowest BCUT2D eigenvalue weighted by Crippen LogP contribution is -2.60. The molecule has 3 heteroatoms. The third-order valence-electron chi connectivity index (χ3n) is 5.19. The van der Waals surface area contributed by atoms with E-state index in [2.05, 4.69) is 17.3 Å². The van der Waals surface area contributed by atoms with E-state index in [9.17, 15) is 5.11 Å². The molecule has 2 aliphatic heterocycles. The van der Waals surface area contributed by atoms with Gasteiger partial charge < -0.3 is 15.3 Å². The van der Waals surface area contributed by atoms with Gasteiger partial charge >= 0.3 is 0 Å². The van der Waals surface area contributed by atoms with Crippen molar-refractivity contribution in [1.29, 1.82) is 0 Å². The Morgan fingerprint density at radius 2 is 2.19 bits per heavy atom. The molecule has 2 saturated heterocycles. The molecular formula is C13H24N2O. The molecule has 1 spiro atoms. The van der Waals surface area contributed by atoms with Gasteiger partial charge in [0.2, 0.25) is 0 Å². The molecule has 3 nitrogen and oxygen atoms in total. The number of aliphatic hydroxyl groups excluding tert-OH is 1. The zero-order valence-electron chi connectivity index (χ0n) is 10.3. The average molecular weight is 224 g/mol. The second kappa shape index (κ2) is 3.97. The molecule has 0 radical (unpaired) electrons. The highest BCUT2D eigenvalue weighted by molar-refractivity contribution is 5.03. The molecule has 0 amide bonds. The van der Waals surface area contributed by atoms with Crippen LogP contribution < -0.4 is 5.32 Å². The number of nitrogens with zero attached hydrogens (tertiary/aromatic N) is 1. The van der Waals surface area contributed by atoms with Gasteiger partial charge in [-0.2, -0.15) is 0 Å². The predicted octanol–water partition coefficient (Wildman–Crippen LogP) is 0.689. The summed E-state index contributed by atoms with van der Waals surface area (Å²) in [5.41, 5.74) is 0.264. The Balaban J connectivity index is 1.76. The molecule has 0 aromatic rings. The molecule has 0 bridgehead atoms. The van der Waals surface area contributed by atoms with Crippen molar-refractivity contribution in [3.8, 4) is 0 Å². The van der Waals surface area contributed by atoms with E-state index in [0.717, 1.165) is 26.2 Å². The SMILES string of the molecule is CN1CC(C2CCNC2)C(O)C2(CCC2)C1. The van der Waals surface area contributed by atoms with E-state index < -0.39 is 0 Å². The second-order valence-corrected chi connectivity index (χ2v) is 6.27. The molecule has 2 heterocycles. The molecule has 16 heavy (non-hydrogen) atoms. The number of piperidine rings is 1. The number of nitrogens with one attached hydrogen (secondary N) is 1. The van der Waals surface area contributed by atoms with Crippen LogP contribution in [-0.4, -0.2) is 49.3 Å². The van der Waals surface area contributed by atoms with Crippen molar-refractivity contribution in [3.05, 3.63) is 0 Å². The fraction of sp³-hybridized carbons (Fsp3) is 1.00. The molecule has 92 valence electrons. The van der Waals surface area contributed by atoms with Crippen molar-refractivity contribution in [1.82, 2.24) is 10.2 Å². The highest BCUT2D eigenvalue weighted by Crippen LogP contribution is 2.50. The van der Waals surface area contributed by atoms with E-state index in [1.807, 2.05) is 0 Å². The number of aliphatic hydroxyl groups is 1. The first kappa shape index (κ1) is 11.0. The van der Waals surface area contributed by atoms with Crippen LogP contribution in [0.15, 0.2) is 0 Å². The second-order valence-electron chi connectivity index (χ2n) is 6.27. The van der Waals surface area contributed by atoms with E-state index in [4.69, 9.17) is 0 Å². The minimum atomic E-state index is -0.0395. The van der Waals surface area contributed by atoms with Gasteiger partial charge in [-0.15, -0.1) is 0 Å². The Hall–Kier alpha value is -0.120. The van der Waals surface area contributed by atoms with Gasteiger partial charge in [-0.25, -0.2) is 0 Å². The smallest absolute Gasteiger partial charge is 0.0652 e. The van der Waals surface area contributed by atoms with Crippen molar-refractivity contribution in [2.24, 2.45) is 17.3 Å². The molecule has 1 aliphatic carbocycles. The zero-order chi connectivity index (χ0) is 11.2. The van der Waals surface area contributed by atoms with Crippen LogP contribution in [0.1, 0.15) is 25.7 Å². The molecule has 3 fully saturated rings. The first-order valence-corrected chi connectivity index (χ1v) is 6.79. The van der Waals surface area contributed by atoms with Gasteiger partial charge in [-0.3, -0.25) is 0 Å². The molecular weight excluding hydrogens is 200 g/mol. The zero-order valence-corrected chi connectivity index (χ0v) is 10.3. The molecule has 3 unspecified atom stereocenters.